The summed E-state index contributed by atoms with van der Waals surface area (Å²) < 4.78 is 0. The van der Waals surface area contributed by atoms with Crippen LogP contribution in [-0.2, 0) is 12.8 Å². The van der Waals surface area contributed by atoms with Gasteiger partial charge in [-0.05, 0) is 43.7 Å². The van der Waals surface area contributed by atoms with Crippen LogP contribution >= 0.6 is 11.3 Å². The van der Waals surface area contributed by atoms with Crippen molar-refractivity contribution in [3.63, 3.8) is 0 Å². The Morgan fingerprint density at radius 3 is 2.53 bits per heavy atom. The lowest BCUT2D eigenvalue weighted by molar-refractivity contribution is 0.698. The van der Waals surface area contributed by atoms with Gasteiger partial charge in [0, 0.05) is 10.4 Å². The highest BCUT2D eigenvalue weighted by Crippen LogP contribution is 2.42. The number of hydrogen-bond acceptors (Lipinski definition) is 2. The van der Waals surface area contributed by atoms with Crippen molar-refractivity contribution in [2.45, 2.75) is 32.6 Å². The molecule has 0 aliphatic heterocycles. The fourth-order valence-electron chi connectivity index (χ4n) is 2.62. The fourth-order valence-corrected chi connectivity index (χ4v) is 3.81. The number of rotatable bonds is 1. The quantitative estimate of drug-likeness (QED) is 0.798. The van der Waals surface area contributed by atoms with E-state index in [-0.39, 0.29) is 0 Å². The lowest BCUT2D eigenvalue weighted by Gasteiger charge is -2.13. The third-order valence-corrected chi connectivity index (χ3v) is 4.66. The van der Waals surface area contributed by atoms with Gasteiger partial charge in [0.1, 0.15) is 0 Å². The van der Waals surface area contributed by atoms with E-state index in [9.17, 15) is 0 Å². The molecule has 2 N–H and O–H groups in total. The molecule has 0 spiro atoms. The van der Waals surface area contributed by atoms with Crippen molar-refractivity contribution >= 4 is 16.3 Å². The molecule has 3 rings (SSSR count). The topological polar surface area (TPSA) is 26.0 Å². The van der Waals surface area contributed by atoms with Crippen LogP contribution in [0.2, 0.25) is 0 Å². The van der Waals surface area contributed by atoms with E-state index in [0.717, 1.165) is 5.00 Å². The molecule has 0 amide bonds. The molecule has 0 atom stereocenters. The Morgan fingerprint density at radius 1 is 1.06 bits per heavy atom. The number of nitrogens with two attached hydrogens (primary N) is 1. The predicted molar refractivity (Wildman–Crippen MR) is 75.5 cm³/mol. The van der Waals surface area contributed by atoms with Gasteiger partial charge < -0.3 is 5.73 Å². The minimum Gasteiger partial charge on any atom is -0.390 e. The maximum Gasteiger partial charge on any atom is 0.0941 e. The molecule has 2 heteroatoms. The largest absolute Gasteiger partial charge is 0.390 e. The summed E-state index contributed by atoms with van der Waals surface area (Å²) in [4.78, 5) is 1.52. The molecule has 1 heterocycles. The summed E-state index contributed by atoms with van der Waals surface area (Å²) in [6.45, 7) is 2.12. The molecule has 1 aliphatic carbocycles. The molecule has 0 bridgehead atoms. The van der Waals surface area contributed by atoms with Crippen LogP contribution in [0.4, 0.5) is 5.00 Å². The SMILES string of the molecule is Cc1ccc(-c2c(N)sc3c2CCCC3)cc1. The number of aryl methyl sites for hydroxylation is 2. The van der Waals surface area contributed by atoms with Crippen LogP contribution in [0.3, 0.4) is 0 Å². The lowest BCUT2D eigenvalue weighted by atomic mass is 9.92. The van der Waals surface area contributed by atoms with E-state index in [4.69, 9.17) is 5.73 Å². The van der Waals surface area contributed by atoms with Crippen LogP contribution in [-0.4, -0.2) is 0 Å². The summed E-state index contributed by atoms with van der Waals surface area (Å²) in [6, 6.07) is 8.73. The first kappa shape index (κ1) is 10.8. The molecule has 88 valence electrons. The van der Waals surface area contributed by atoms with Gasteiger partial charge in [0.25, 0.3) is 0 Å². The second kappa shape index (κ2) is 4.19. The normalized spacial score (nSPS) is 14.6. The first-order valence-corrected chi connectivity index (χ1v) is 7.04. The summed E-state index contributed by atoms with van der Waals surface area (Å²) in [7, 11) is 0. The van der Waals surface area contributed by atoms with Gasteiger partial charge in [-0.3, -0.25) is 0 Å². The Hall–Kier alpha value is -1.28. The Labute approximate surface area is 106 Å². The first-order chi connectivity index (χ1) is 8.25. The van der Waals surface area contributed by atoms with E-state index >= 15 is 0 Å². The molecule has 0 unspecified atom stereocenters. The Bertz CT molecular complexity index is 537. The number of benzene rings is 1. The molecule has 2 aromatic rings. The molecule has 0 fully saturated rings. The molecule has 17 heavy (non-hydrogen) atoms. The van der Waals surface area contributed by atoms with Gasteiger partial charge in [-0.1, -0.05) is 29.8 Å². The Kier molecular flexibility index (Phi) is 2.67. The first-order valence-electron chi connectivity index (χ1n) is 6.23. The molecule has 1 aromatic carbocycles. The molecule has 0 saturated heterocycles. The van der Waals surface area contributed by atoms with Crippen LogP contribution < -0.4 is 5.73 Å². The van der Waals surface area contributed by atoms with E-state index in [1.54, 1.807) is 11.3 Å². The monoisotopic (exact) mass is 243 g/mol. The second-order valence-corrected chi connectivity index (χ2v) is 5.95. The van der Waals surface area contributed by atoms with Crippen molar-refractivity contribution in [2.75, 3.05) is 5.73 Å². The van der Waals surface area contributed by atoms with Gasteiger partial charge in [-0.25, -0.2) is 0 Å². The van der Waals surface area contributed by atoms with Gasteiger partial charge in [0.15, 0.2) is 0 Å². The third-order valence-electron chi connectivity index (χ3n) is 3.54. The average molecular weight is 243 g/mol. The Balaban J connectivity index is 2.13. The van der Waals surface area contributed by atoms with Crippen molar-refractivity contribution < 1.29 is 0 Å². The zero-order chi connectivity index (χ0) is 11.8. The van der Waals surface area contributed by atoms with Crippen molar-refractivity contribution in [3.05, 3.63) is 40.3 Å². The second-order valence-electron chi connectivity index (χ2n) is 4.82. The molecule has 0 radical (unpaired) electrons. The number of fused-ring (bicyclic) bond motifs is 1. The Morgan fingerprint density at radius 2 is 1.76 bits per heavy atom. The van der Waals surface area contributed by atoms with Crippen LogP contribution in [0, 0.1) is 6.92 Å². The molecule has 1 aromatic heterocycles. The van der Waals surface area contributed by atoms with Gasteiger partial charge in [0.05, 0.1) is 5.00 Å². The van der Waals surface area contributed by atoms with Crippen molar-refractivity contribution in [1.82, 2.24) is 0 Å². The average Bonchev–Trinajstić information content (AvgIpc) is 2.66. The van der Waals surface area contributed by atoms with Crippen LogP contribution in [0.25, 0.3) is 11.1 Å². The fraction of sp³-hybridized carbons (Fsp3) is 0.333. The summed E-state index contributed by atoms with van der Waals surface area (Å²) in [5, 5.41) is 1.00. The van der Waals surface area contributed by atoms with E-state index < -0.39 is 0 Å². The van der Waals surface area contributed by atoms with Crippen LogP contribution in [0.15, 0.2) is 24.3 Å². The number of nitrogen functional groups attached to an aromatic ring is 1. The van der Waals surface area contributed by atoms with E-state index in [2.05, 4.69) is 31.2 Å². The zero-order valence-electron chi connectivity index (χ0n) is 10.1. The van der Waals surface area contributed by atoms with Crippen molar-refractivity contribution in [3.8, 4) is 11.1 Å². The maximum atomic E-state index is 6.21. The van der Waals surface area contributed by atoms with Crippen molar-refractivity contribution in [1.29, 1.82) is 0 Å². The van der Waals surface area contributed by atoms with E-state index in [1.165, 1.54) is 52.8 Å². The highest BCUT2D eigenvalue weighted by Gasteiger charge is 2.20. The summed E-state index contributed by atoms with van der Waals surface area (Å²) >= 11 is 1.79. The smallest absolute Gasteiger partial charge is 0.0941 e. The number of thiophene rings is 1. The highest BCUT2D eigenvalue weighted by atomic mass is 32.1. The number of anilines is 1. The van der Waals surface area contributed by atoms with Gasteiger partial charge >= 0.3 is 0 Å². The standard InChI is InChI=1S/C15H17NS/c1-10-6-8-11(9-7-10)14-12-4-2-3-5-13(12)17-15(14)16/h6-9H,2-5,16H2,1H3. The van der Waals surface area contributed by atoms with Gasteiger partial charge in [0.2, 0.25) is 0 Å². The van der Waals surface area contributed by atoms with Gasteiger partial charge in [-0.15, -0.1) is 11.3 Å². The molecular weight excluding hydrogens is 226 g/mol. The molecule has 1 nitrogen and oxygen atoms in total. The summed E-state index contributed by atoms with van der Waals surface area (Å²) in [5.41, 5.74) is 11.6. The van der Waals surface area contributed by atoms with Gasteiger partial charge in [-0.2, -0.15) is 0 Å². The maximum absolute atomic E-state index is 6.21. The minimum absolute atomic E-state index is 1.00. The molecule has 1 aliphatic rings. The summed E-state index contributed by atoms with van der Waals surface area (Å²) in [5.74, 6) is 0. The third kappa shape index (κ3) is 1.87. The summed E-state index contributed by atoms with van der Waals surface area (Å²) in [6.07, 6.45) is 5.05. The molecular formula is C15H17NS. The molecule has 0 saturated carbocycles. The number of hydrogen-bond donors (Lipinski definition) is 1. The minimum atomic E-state index is 1.00. The van der Waals surface area contributed by atoms with Crippen LogP contribution in [0.5, 0.6) is 0 Å². The highest BCUT2D eigenvalue weighted by molar-refractivity contribution is 7.16. The lowest BCUT2D eigenvalue weighted by Crippen LogP contribution is -1.99. The van der Waals surface area contributed by atoms with E-state index in [0.29, 0.717) is 0 Å². The van der Waals surface area contributed by atoms with E-state index in [1.807, 2.05) is 0 Å². The predicted octanol–water partition coefficient (Wildman–Crippen LogP) is 4.18. The van der Waals surface area contributed by atoms with Crippen molar-refractivity contribution in [2.24, 2.45) is 0 Å². The van der Waals surface area contributed by atoms with Crippen LogP contribution in [0.1, 0.15) is 28.8 Å². The zero-order valence-corrected chi connectivity index (χ0v) is 10.9.